The summed E-state index contributed by atoms with van der Waals surface area (Å²) in [6, 6.07) is 17.8. The third-order valence-electron chi connectivity index (χ3n) is 3.32. The summed E-state index contributed by atoms with van der Waals surface area (Å²) in [6.45, 7) is 2.48. The third-order valence-corrected chi connectivity index (χ3v) is 4.71. The van der Waals surface area contributed by atoms with Gasteiger partial charge in [0.2, 0.25) is 10.0 Å². The van der Waals surface area contributed by atoms with Gasteiger partial charge in [0.05, 0.1) is 5.75 Å². The number of hydrogen-bond acceptors (Lipinski definition) is 2. The van der Waals surface area contributed by atoms with Crippen LogP contribution in [0.3, 0.4) is 0 Å². The van der Waals surface area contributed by atoms with E-state index in [2.05, 4.69) is 10.8 Å². The Balaban J connectivity index is 1.79. The van der Waals surface area contributed by atoms with Crippen molar-refractivity contribution in [3.63, 3.8) is 0 Å². The van der Waals surface area contributed by atoms with Crippen molar-refractivity contribution in [3.8, 4) is 0 Å². The average Bonchev–Trinajstić information content (AvgIpc) is 2.46. The second-order valence-electron chi connectivity index (χ2n) is 5.19. The van der Waals surface area contributed by atoms with Crippen LogP contribution in [0, 0.1) is 6.92 Å². The summed E-state index contributed by atoms with van der Waals surface area (Å²) in [5.41, 5.74) is 3.39. The summed E-state index contributed by atoms with van der Waals surface area (Å²) >= 11 is 0. The average molecular weight is 303 g/mol. The van der Waals surface area contributed by atoms with Gasteiger partial charge in [-0.3, -0.25) is 0 Å². The van der Waals surface area contributed by atoms with Gasteiger partial charge in [0.25, 0.3) is 0 Å². The predicted octanol–water partition coefficient (Wildman–Crippen LogP) is 2.70. The Bertz CT molecular complexity index is 666. The third kappa shape index (κ3) is 5.69. The molecule has 0 saturated heterocycles. The van der Waals surface area contributed by atoms with E-state index in [4.69, 9.17) is 0 Å². The van der Waals surface area contributed by atoms with Crippen LogP contribution in [0.5, 0.6) is 0 Å². The van der Waals surface area contributed by atoms with Crippen molar-refractivity contribution in [2.24, 2.45) is 0 Å². The minimum atomic E-state index is -3.21. The molecule has 0 atom stereocenters. The molecule has 0 heterocycles. The molecule has 0 fully saturated rings. The molecule has 2 rings (SSSR count). The molecule has 0 spiro atoms. The molecule has 0 aromatic heterocycles. The lowest BCUT2D eigenvalue weighted by molar-refractivity contribution is 0.581. The van der Waals surface area contributed by atoms with E-state index in [9.17, 15) is 8.42 Å². The van der Waals surface area contributed by atoms with Crippen molar-refractivity contribution in [2.75, 3.05) is 12.3 Å². The van der Waals surface area contributed by atoms with Gasteiger partial charge in [-0.05, 0) is 30.9 Å². The van der Waals surface area contributed by atoms with Crippen LogP contribution in [0.25, 0.3) is 0 Å². The standard InChI is InChI=1S/C17H21NO2S/c1-15-6-5-9-17(14-15)10-12-18-21(19,20)13-11-16-7-3-2-4-8-16/h2-9,14,18H,10-13H2,1H3. The van der Waals surface area contributed by atoms with Crippen molar-refractivity contribution in [1.82, 2.24) is 4.72 Å². The number of sulfonamides is 1. The molecule has 0 saturated carbocycles. The Labute approximate surface area is 127 Å². The van der Waals surface area contributed by atoms with Crippen LogP contribution >= 0.6 is 0 Å². The highest BCUT2D eigenvalue weighted by atomic mass is 32.2. The SMILES string of the molecule is Cc1cccc(CCNS(=O)(=O)CCc2ccccc2)c1. The van der Waals surface area contributed by atoms with Gasteiger partial charge in [0.1, 0.15) is 0 Å². The van der Waals surface area contributed by atoms with E-state index < -0.39 is 10.0 Å². The van der Waals surface area contributed by atoms with Gasteiger partial charge in [-0.2, -0.15) is 0 Å². The van der Waals surface area contributed by atoms with Gasteiger partial charge in [-0.25, -0.2) is 13.1 Å². The van der Waals surface area contributed by atoms with Crippen molar-refractivity contribution in [1.29, 1.82) is 0 Å². The number of benzene rings is 2. The monoisotopic (exact) mass is 303 g/mol. The van der Waals surface area contributed by atoms with Crippen LogP contribution in [0.15, 0.2) is 54.6 Å². The van der Waals surface area contributed by atoms with Crippen LogP contribution in [0.1, 0.15) is 16.7 Å². The largest absolute Gasteiger partial charge is 0.215 e. The fraction of sp³-hybridized carbons (Fsp3) is 0.294. The van der Waals surface area contributed by atoms with Crippen LogP contribution in [-0.2, 0) is 22.9 Å². The first-order valence-electron chi connectivity index (χ1n) is 7.12. The molecule has 4 heteroatoms. The van der Waals surface area contributed by atoms with Gasteiger partial charge in [0, 0.05) is 6.54 Å². The maximum Gasteiger partial charge on any atom is 0.211 e. The normalized spacial score (nSPS) is 11.5. The molecule has 0 amide bonds. The highest BCUT2D eigenvalue weighted by molar-refractivity contribution is 7.89. The van der Waals surface area contributed by atoms with Crippen molar-refractivity contribution < 1.29 is 8.42 Å². The first kappa shape index (κ1) is 15.7. The summed E-state index contributed by atoms with van der Waals surface area (Å²) in [4.78, 5) is 0. The maximum atomic E-state index is 11.9. The zero-order chi connectivity index (χ0) is 15.1. The fourth-order valence-electron chi connectivity index (χ4n) is 2.19. The summed E-state index contributed by atoms with van der Waals surface area (Å²) in [7, 11) is -3.21. The van der Waals surface area contributed by atoms with E-state index in [1.54, 1.807) is 0 Å². The summed E-state index contributed by atoms with van der Waals surface area (Å²) in [5.74, 6) is 0.130. The molecule has 0 aliphatic heterocycles. The molecule has 0 aliphatic rings. The molecule has 0 bridgehead atoms. The molecular formula is C17H21NO2S. The summed E-state index contributed by atoms with van der Waals surface area (Å²) < 4.78 is 26.6. The van der Waals surface area contributed by atoms with Crippen molar-refractivity contribution in [2.45, 2.75) is 19.8 Å². The van der Waals surface area contributed by atoms with E-state index in [1.807, 2.05) is 55.5 Å². The van der Waals surface area contributed by atoms with Gasteiger partial charge in [-0.1, -0.05) is 60.2 Å². The highest BCUT2D eigenvalue weighted by Gasteiger charge is 2.09. The van der Waals surface area contributed by atoms with Crippen LogP contribution in [0.4, 0.5) is 0 Å². The molecule has 0 unspecified atom stereocenters. The predicted molar refractivity (Wildman–Crippen MR) is 86.8 cm³/mol. The lowest BCUT2D eigenvalue weighted by Crippen LogP contribution is -2.29. The Morgan fingerprint density at radius 2 is 1.62 bits per heavy atom. The summed E-state index contributed by atoms with van der Waals surface area (Å²) in [5, 5.41) is 0. The van der Waals surface area contributed by atoms with E-state index in [-0.39, 0.29) is 5.75 Å². The van der Waals surface area contributed by atoms with E-state index in [0.717, 1.165) is 11.1 Å². The topological polar surface area (TPSA) is 46.2 Å². The molecule has 3 nitrogen and oxygen atoms in total. The van der Waals surface area contributed by atoms with Crippen LogP contribution in [-0.4, -0.2) is 20.7 Å². The number of nitrogens with one attached hydrogen (secondary N) is 1. The van der Waals surface area contributed by atoms with Crippen LogP contribution in [0.2, 0.25) is 0 Å². The minimum Gasteiger partial charge on any atom is -0.215 e. The van der Waals surface area contributed by atoms with Crippen LogP contribution < -0.4 is 4.72 Å². The fourth-order valence-corrected chi connectivity index (χ4v) is 3.25. The Hall–Kier alpha value is -1.65. The summed E-state index contributed by atoms with van der Waals surface area (Å²) in [6.07, 6.45) is 1.26. The molecule has 112 valence electrons. The molecule has 21 heavy (non-hydrogen) atoms. The quantitative estimate of drug-likeness (QED) is 0.855. The van der Waals surface area contributed by atoms with Gasteiger partial charge < -0.3 is 0 Å². The molecule has 0 radical (unpaired) electrons. The minimum absolute atomic E-state index is 0.130. The first-order valence-corrected chi connectivity index (χ1v) is 8.77. The van der Waals surface area contributed by atoms with Gasteiger partial charge in [-0.15, -0.1) is 0 Å². The lowest BCUT2D eigenvalue weighted by Gasteiger charge is -2.07. The zero-order valence-electron chi connectivity index (χ0n) is 12.2. The molecule has 2 aromatic carbocycles. The van der Waals surface area contributed by atoms with Crippen molar-refractivity contribution >= 4 is 10.0 Å². The van der Waals surface area contributed by atoms with E-state index in [0.29, 0.717) is 19.4 Å². The van der Waals surface area contributed by atoms with Crippen molar-refractivity contribution in [3.05, 3.63) is 71.3 Å². The number of hydrogen-bond donors (Lipinski definition) is 1. The molecule has 0 aliphatic carbocycles. The Kier molecular flexibility index (Phi) is 5.53. The van der Waals surface area contributed by atoms with Gasteiger partial charge >= 0.3 is 0 Å². The molecule has 1 N–H and O–H groups in total. The second kappa shape index (κ2) is 7.38. The zero-order valence-corrected chi connectivity index (χ0v) is 13.1. The van der Waals surface area contributed by atoms with Gasteiger partial charge in [0.15, 0.2) is 0 Å². The number of aryl methyl sites for hydroxylation is 2. The van der Waals surface area contributed by atoms with E-state index in [1.165, 1.54) is 5.56 Å². The number of rotatable bonds is 7. The molecule has 2 aromatic rings. The Morgan fingerprint density at radius 3 is 2.33 bits per heavy atom. The Morgan fingerprint density at radius 1 is 0.905 bits per heavy atom. The maximum absolute atomic E-state index is 11.9. The smallest absolute Gasteiger partial charge is 0.211 e. The van der Waals surface area contributed by atoms with E-state index >= 15 is 0 Å². The highest BCUT2D eigenvalue weighted by Crippen LogP contribution is 2.05. The first-order chi connectivity index (χ1) is 10.1. The lowest BCUT2D eigenvalue weighted by atomic mass is 10.1. The second-order valence-corrected chi connectivity index (χ2v) is 7.11. The molecular weight excluding hydrogens is 282 g/mol.